The Morgan fingerprint density at radius 3 is 2.52 bits per heavy atom. The minimum Gasteiger partial charge on any atom is -0.497 e. The second kappa shape index (κ2) is 5.80. The molecule has 0 saturated heterocycles. The first-order valence-corrected chi connectivity index (χ1v) is 7.43. The first kappa shape index (κ1) is 14.0. The summed E-state index contributed by atoms with van der Waals surface area (Å²) in [6.45, 7) is 0.439. The Morgan fingerprint density at radius 2 is 1.86 bits per heavy atom. The van der Waals surface area contributed by atoms with Gasteiger partial charge < -0.3 is 14.2 Å². The average molecular weight is 288 g/mol. The van der Waals surface area contributed by atoms with Crippen LogP contribution in [0.4, 0.5) is 0 Å². The number of rotatable bonds is 4. The number of carbonyl (C=O) groups excluding carboxylic acids is 1. The van der Waals surface area contributed by atoms with E-state index in [4.69, 9.17) is 14.2 Å². The van der Waals surface area contributed by atoms with Crippen molar-refractivity contribution in [1.29, 1.82) is 0 Å². The van der Waals surface area contributed by atoms with Crippen molar-refractivity contribution in [3.63, 3.8) is 0 Å². The Bertz CT molecular complexity index is 538. The Labute approximate surface area is 124 Å². The van der Waals surface area contributed by atoms with Crippen LogP contribution in [0.1, 0.15) is 37.7 Å². The fourth-order valence-electron chi connectivity index (χ4n) is 3.04. The van der Waals surface area contributed by atoms with Crippen LogP contribution in [0.15, 0.2) is 36.1 Å². The number of esters is 1. The number of hydrogen-bond donors (Lipinski definition) is 0. The van der Waals surface area contributed by atoms with Gasteiger partial charge in [0.2, 0.25) is 0 Å². The van der Waals surface area contributed by atoms with Crippen molar-refractivity contribution < 1.29 is 19.0 Å². The lowest BCUT2D eigenvalue weighted by Crippen LogP contribution is -2.35. The summed E-state index contributed by atoms with van der Waals surface area (Å²) in [4.78, 5) is 11.6. The number of hydrogen-bond acceptors (Lipinski definition) is 4. The summed E-state index contributed by atoms with van der Waals surface area (Å²) in [6, 6.07) is 7.73. The summed E-state index contributed by atoms with van der Waals surface area (Å²) in [5.41, 5.74) is 0.545. The van der Waals surface area contributed by atoms with Crippen LogP contribution < -0.4 is 4.74 Å². The van der Waals surface area contributed by atoms with Gasteiger partial charge >= 0.3 is 5.97 Å². The van der Waals surface area contributed by atoms with Gasteiger partial charge in [0.05, 0.1) is 13.2 Å². The van der Waals surface area contributed by atoms with E-state index >= 15 is 0 Å². The molecule has 0 bridgehead atoms. The molecule has 4 heteroatoms. The Hall–Kier alpha value is -1.97. The molecule has 0 aromatic heterocycles. The molecule has 3 rings (SSSR count). The summed E-state index contributed by atoms with van der Waals surface area (Å²) in [5, 5.41) is 0. The van der Waals surface area contributed by atoms with E-state index in [0.717, 1.165) is 37.0 Å². The van der Waals surface area contributed by atoms with E-state index < -0.39 is 5.60 Å². The number of benzene rings is 1. The zero-order valence-corrected chi connectivity index (χ0v) is 12.3. The van der Waals surface area contributed by atoms with Crippen LogP contribution in [0.3, 0.4) is 0 Å². The Balaban J connectivity index is 1.67. The first-order chi connectivity index (χ1) is 10.2. The fourth-order valence-corrected chi connectivity index (χ4v) is 3.04. The molecule has 1 aromatic carbocycles. The van der Waals surface area contributed by atoms with Gasteiger partial charge in [0.1, 0.15) is 18.1 Å². The standard InChI is InChI=1S/C17H20O4/c1-19-14-7-5-13(6-8-14)12-20-15-11-16(18)21-17(15)9-3-2-4-10-17/h5-8,11H,2-4,9-10,12H2,1H3. The number of methoxy groups -OCH3 is 1. The molecule has 0 N–H and O–H groups in total. The normalized spacial score (nSPS) is 20.0. The lowest BCUT2D eigenvalue weighted by molar-refractivity contribution is -0.151. The predicted molar refractivity (Wildman–Crippen MR) is 77.8 cm³/mol. The maximum Gasteiger partial charge on any atom is 0.335 e. The van der Waals surface area contributed by atoms with Crippen molar-refractivity contribution in [1.82, 2.24) is 0 Å². The smallest absolute Gasteiger partial charge is 0.335 e. The average Bonchev–Trinajstić information content (AvgIpc) is 2.81. The van der Waals surface area contributed by atoms with Crippen molar-refractivity contribution in [3.05, 3.63) is 41.7 Å². The third-order valence-corrected chi connectivity index (χ3v) is 4.21. The van der Waals surface area contributed by atoms with Gasteiger partial charge in [-0.3, -0.25) is 0 Å². The van der Waals surface area contributed by atoms with Gasteiger partial charge in [-0.1, -0.05) is 18.6 Å². The quantitative estimate of drug-likeness (QED) is 0.797. The van der Waals surface area contributed by atoms with Crippen LogP contribution in [-0.2, 0) is 20.9 Å². The van der Waals surface area contributed by atoms with Crippen molar-refractivity contribution in [3.8, 4) is 5.75 Å². The topological polar surface area (TPSA) is 44.8 Å². The maximum absolute atomic E-state index is 11.6. The highest BCUT2D eigenvalue weighted by Crippen LogP contribution is 2.41. The lowest BCUT2D eigenvalue weighted by atomic mass is 9.84. The SMILES string of the molecule is COc1ccc(COC2=CC(=O)OC23CCCCC3)cc1. The molecule has 1 aliphatic heterocycles. The van der Waals surface area contributed by atoms with Gasteiger partial charge in [-0.15, -0.1) is 0 Å². The molecule has 1 fully saturated rings. The summed E-state index contributed by atoms with van der Waals surface area (Å²) >= 11 is 0. The van der Waals surface area contributed by atoms with Gasteiger partial charge in [-0.05, 0) is 43.4 Å². The zero-order chi connectivity index (χ0) is 14.7. The van der Waals surface area contributed by atoms with E-state index in [2.05, 4.69) is 0 Å². The first-order valence-electron chi connectivity index (χ1n) is 7.43. The van der Waals surface area contributed by atoms with Crippen molar-refractivity contribution >= 4 is 5.97 Å². The largest absolute Gasteiger partial charge is 0.497 e. The molecule has 1 saturated carbocycles. The van der Waals surface area contributed by atoms with Crippen LogP contribution in [-0.4, -0.2) is 18.7 Å². The summed E-state index contributed by atoms with van der Waals surface area (Å²) in [5.74, 6) is 1.24. The highest BCUT2D eigenvalue weighted by molar-refractivity contribution is 5.86. The molecular weight excluding hydrogens is 268 g/mol. The van der Waals surface area contributed by atoms with Crippen LogP contribution in [0, 0.1) is 0 Å². The molecule has 2 aliphatic rings. The molecule has 0 unspecified atom stereocenters. The maximum atomic E-state index is 11.6. The molecular formula is C17H20O4. The summed E-state index contributed by atoms with van der Waals surface area (Å²) in [7, 11) is 1.64. The van der Waals surface area contributed by atoms with Crippen LogP contribution in [0.5, 0.6) is 5.75 Å². The Kier molecular flexibility index (Phi) is 3.86. The second-order valence-corrected chi connectivity index (χ2v) is 5.62. The minimum absolute atomic E-state index is 0.276. The molecule has 112 valence electrons. The van der Waals surface area contributed by atoms with Gasteiger partial charge in [0.25, 0.3) is 0 Å². The van der Waals surface area contributed by atoms with Crippen molar-refractivity contribution in [2.24, 2.45) is 0 Å². The second-order valence-electron chi connectivity index (χ2n) is 5.62. The Morgan fingerprint density at radius 1 is 1.14 bits per heavy atom. The number of ether oxygens (including phenoxy) is 3. The van der Waals surface area contributed by atoms with E-state index in [-0.39, 0.29) is 5.97 Å². The molecule has 0 atom stereocenters. The van der Waals surface area contributed by atoms with Crippen LogP contribution in [0.2, 0.25) is 0 Å². The van der Waals surface area contributed by atoms with Gasteiger partial charge in [-0.25, -0.2) is 4.79 Å². The zero-order valence-electron chi connectivity index (χ0n) is 12.3. The highest BCUT2D eigenvalue weighted by Gasteiger charge is 2.45. The van der Waals surface area contributed by atoms with E-state index in [1.165, 1.54) is 12.5 Å². The van der Waals surface area contributed by atoms with Crippen molar-refractivity contribution in [2.45, 2.75) is 44.3 Å². The van der Waals surface area contributed by atoms with E-state index in [0.29, 0.717) is 12.4 Å². The predicted octanol–water partition coefficient (Wildman–Crippen LogP) is 3.36. The monoisotopic (exact) mass is 288 g/mol. The van der Waals surface area contributed by atoms with Gasteiger partial charge in [0.15, 0.2) is 5.60 Å². The summed E-state index contributed by atoms with van der Waals surface area (Å²) < 4.78 is 16.6. The highest BCUT2D eigenvalue weighted by atomic mass is 16.6. The van der Waals surface area contributed by atoms with Crippen LogP contribution in [0.25, 0.3) is 0 Å². The fraction of sp³-hybridized carbons (Fsp3) is 0.471. The molecule has 4 nitrogen and oxygen atoms in total. The lowest BCUT2D eigenvalue weighted by Gasteiger charge is -2.33. The van der Waals surface area contributed by atoms with E-state index in [1.807, 2.05) is 24.3 Å². The number of carbonyl (C=O) groups is 1. The molecule has 0 amide bonds. The van der Waals surface area contributed by atoms with Crippen LogP contribution >= 0.6 is 0 Å². The van der Waals surface area contributed by atoms with Gasteiger partial charge in [-0.2, -0.15) is 0 Å². The van der Waals surface area contributed by atoms with E-state index in [9.17, 15) is 4.79 Å². The van der Waals surface area contributed by atoms with Gasteiger partial charge in [0, 0.05) is 0 Å². The molecule has 1 aromatic rings. The molecule has 21 heavy (non-hydrogen) atoms. The third kappa shape index (κ3) is 2.89. The molecule has 0 radical (unpaired) electrons. The van der Waals surface area contributed by atoms with Crippen molar-refractivity contribution in [2.75, 3.05) is 7.11 Å². The molecule has 1 heterocycles. The minimum atomic E-state index is -0.498. The van der Waals surface area contributed by atoms with E-state index in [1.54, 1.807) is 7.11 Å². The summed E-state index contributed by atoms with van der Waals surface area (Å²) in [6.07, 6.45) is 6.60. The third-order valence-electron chi connectivity index (χ3n) is 4.21. The molecule has 1 spiro atoms. The molecule has 1 aliphatic carbocycles.